The summed E-state index contributed by atoms with van der Waals surface area (Å²) in [6.07, 6.45) is -4.27. The second-order valence-electron chi connectivity index (χ2n) is 8.67. The van der Waals surface area contributed by atoms with Crippen LogP contribution in [0.15, 0.2) is 70.9 Å². The van der Waals surface area contributed by atoms with Crippen molar-refractivity contribution in [1.29, 1.82) is 0 Å². The number of alkyl halides is 3. The number of hydrogen-bond acceptors (Lipinski definition) is 6. The Bertz CT molecular complexity index is 1260. The summed E-state index contributed by atoms with van der Waals surface area (Å²) in [5.41, 5.74) is 4.18. The van der Waals surface area contributed by atoms with Gasteiger partial charge in [0.05, 0.1) is 5.00 Å². The SMILES string of the molecule is CC(O)(c1ccc(N2CCN(S(=O)(=O)c3ccc(N)s3)CC2Cc2ccccc2)cc1)C(F)(F)F. The van der Waals surface area contributed by atoms with Crippen molar-refractivity contribution in [2.75, 3.05) is 30.3 Å². The number of hydrogen-bond donors (Lipinski definition) is 2. The maximum Gasteiger partial charge on any atom is 0.421 e. The van der Waals surface area contributed by atoms with E-state index in [9.17, 15) is 26.7 Å². The van der Waals surface area contributed by atoms with Crippen LogP contribution < -0.4 is 10.6 Å². The molecule has 1 saturated heterocycles. The van der Waals surface area contributed by atoms with Gasteiger partial charge in [-0.05, 0) is 48.7 Å². The van der Waals surface area contributed by atoms with Crippen LogP contribution in [0.25, 0.3) is 0 Å². The number of halogens is 3. The molecule has 0 radical (unpaired) electrons. The average Bonchev–Trinajstić information content (AvgIpc) is 3.26. The molecule has 11 heteroatoms. The highest BCUT2D eigenvalue weighted by Crippen LogP contribution is 2.39. The number of anilines is 2. The van der Waals surface area contributed by atoms with Crippen molar-refractivity contribution in [2.24, 2.45) is 0 Å². The molecule has 1 aliphatic rings. The van der Waals surface area contributed by atoms with Crippen molar-refractivity contribution in [2.45, 2.75) is 35.4 Å². The van der Waals surface area contributed by atoms with Crippen LogP contribution >= 0.6 is 11.3 Å². The minimum atomic E-state index is -4.81. The number of nitrogens with zero attached hydrogens (tertiary/aromatic N) is 2. The van der Waals surface area contributed by atoms with E-state index in [1.165, 1.54) is 34.6 Å². The number of aliphatic hydroxyl groups is 1. The molecule has 2 atom stereocenters. The smallest absolute Gasteiger partial charge is 0.391 e. The lowest BCUT2D eigenvalue weighted by Gasteiger charge is -2.42. The van der Waals surface area contributed by atoms with E-state index in [-0.39, 0.29) is 28.9 Å². The number of sulfonamides is 1. The summed E-state index contributed by atoms with van der Waals surface area (Å²) in [6.45, 7) is 1.50. The van der Waals surface area contributed by atoms with Crippen molar-refractivity contribution in [3.63, 3.8) is 0 Å². The second kappa shape index (κ2) is 9.45. The Morgan fingerprint density at radius 2 is 1.69 bits per heavy atom. The fourth-order valence-corrected chi connectivity index (χ4v) is 6.90. The Hall–Kier alpha value is -2.60. The molecule has 35 heavy (non-hydrogen) atoms. The number of benzene rings is 2. The normalized spacial score (nSPS) is 19.5. The van der Waals surface area contributed by atoms with E-state index in [1.54, 1.807) is 6.07 Å². The molecule has 0 bridgehead atoms. The molecule has 188 valence electrons. The number of piperazine rings is 1. The van der Waals surface area contributed by atoms with Gasteiger partial charge in [-0.2, -0.15) is 17.5 Å². The monoisotopic (exact) mass is 525 g/mol. The molecular weight excluding hydrogens is 499 g/mol. The van der Waals surface area contributed by atoms with Gasteiger partial charge in [0.15, 0.2) is 5.60 Å². The van der Waals surface area contributed by atoms with Crippen molar-refractivity contribution in [3.05, 3.63) is 77.9 Å². The molecule has 1 aromatic heterocycles. The molecule has 6 nitrogen and oxygen atoms in total. The molecule has 3 aromatic rings. The standard InChI is InChI=1S/C24H26F3N3O3S2/c1-23(31,24(25,26)27)18-7-9-19(10-8-18)30-14-13-29(35(32,33)22-12-11-21(28)34-22)16-20(30)15-17-5-3-2-4-6-17/h2-12,20,31H,13-16,28H2,1H3. The predicted molar refractivity (Wildman–Crippen MR) is 131 cm³/mol. The first-order valence-electron chi connectivity index (χ1n) is 11.0. The average molecular weight is 526 g/mol. The Balaban J connectivity index is 1.62. The highest BCUT2D eigenvalue weighted by Gasteiger charge is 2.51. The number of rotatable bonds is 6. The predicted octanol–water partition coefficient (Wildman–Crippen LogP) is 4.22. The fraction of sp³-hybridized carbons (Fsp3) is 0.333. The van der Waals surface area contributed by atoms with Gasteiger partial charge < -0.3 is 15.7 Å². The molecule has 0 saturated carbocycles. The van der Waals surface area contributed by atoms with Crippen molar-refractivity contribution >= 4 is 32.0 Å². The lowest BCUT2D eigenvalue weighted by molar-refractivity contribution is -0.258. The van der Waals surface area contributed by atoms with E-state index >= 15 is 0 Å². The van der Waals surface area contributed by atoms with Crippen molar-refractivity contribution in [3.8, 4) is 0 Å². The van der Waals surface area contributed by atoms with Crippen LogP contribution in [0.5, 0.6) is 0 Å². The molecule has 3 N–H and O–H groups in total. The third kappa shape index (κ3) is 5.18. The maximum absolute atomic E-state index is 13.2. The van der Waals surface area contributed by atoms with Crippen LogP contribution in [0.3, 0.4) is 0 Å². The van der Waals surface area contributed by atoms with Crippen LogP contribution in [0.1, 0.15) is 18.1 Å². The van der Waals surface area contributed by atoms with Crippen LogP contribution in [0.4, 0.5) is 23.9 Å². The third-order valence-corrected chi connectivity index (χ3v) is 9.52. The molecule has 2 aromatic carbocycles. The molecule has 0 amide bonds. The highest BCUT2D eigenvalue weighted by molar-refractivity contribution is 7.91. The lowest BCUT2D eigenvalue weighted by Crippen LogP contribution is -2.55. The number of nitrogen functional groups attached to an aromatic ring is 1. The molecule has 0 aliphatic carbocycles. The summed E-state index contributed by atoms with van der Waals surface area (Å²) >= 11 is 1.02. The van der Waals surface area contributed by atoms with Gasteiger partial charge in [0.1, 0.15) is 4.21 Å². The third-order valence-electron chi connectivity index (χ3n) is 6.27. The summed E-state index contributed by atoms with van der Waals surface area (Å²) in [7, 11) is -3.73. The quantitative estimate of drug-likeness (QED) is 0.503. The van der Waals surface area contributed by atoms with Gasteiger partial charge in [0.25, 0.3) is 10.0 Å². The van der Waals surface area contributed by atoms with Gasteiger partial charge in [-0.25, -0.2) is 8.42 Å². The zero-order valence-corrected chi connectivity index (χ0v) is 20.6. The Morgan fingerprint density at radius 1 is 1.03 bits per heavy atom. The summed E-state index contributed by atoms with van der Waals surface area (Å²) < 4.78 is 67.8. The highest BCUT2D eigenvalue weighted by atomic mass is 32.2. The van der Waals surface area contributed by atoms with Gasteiger partial charge in [-0.1, -0.05) is 42.5 Å². The molecule has 0 spiro atoms. The van der Waals surface area contributed by atoms with E-state index in [4.69, 9.17) is 5.73 Å². The summed E-state index contributed by atoms with van der Waals surface area (Å²) in [4.78, 5) is 2.01. The van der Waals surface area contributed by atoms with E-state index in [0.717, 1.165) is 23.8 Å². The Kier molecular flexibility index (Phi) is 6.89. The first kappa shape index (κ1) is 25.5. The molecule has 4 rings (SSSR count). The van der Waals surface area contributed by atoms with Crippen LogP contribution in [-0.2, 0) is 22.0 Å². The topological polar surface area (TPSA) is 86.9 Å². The van der Waals surface area contributed by atoms with Crippen molar-refractivity contribution in [1.82, 2.24) is 4.31 Å². The van der Waals surface area contributed by atoms with Crippen molar-refractivity contribution < 1.29 is 26.7 Å². The molecule has 1 fully saturated rings. The zero-order chi connectivity index (χ0) is 25.4. The number of thiophene rings is 1. The summed E-state index contributed by atoms with van der Waals surface area (Å²) in [5, 5.41) is 10.4. The van der Waals surface area contributed by atoms with E-state index in [1.807, 2.05) is 35.2 Å². The summed E-state index contributed by atoms with van der Waals surface area (Å²) in [6, 6.07) is 18.0. The van der Waals surface area contributed by atoms with Gasteiger partial charge in [0.2, 0.25) is 0 Å². The second-order valence-corrected chi connectivity index (χ2v) is 12.0. The number of nitrogens with two attached hydrogens (primary N) is 1. The van der Waals surface area contributed by atoms with E-state index in [2.05, 4.69) is 0 Å². The largest absolute Gasteiger partial charge is 0.421 e. The zero-order valence-electron chi connectivity index (χ0n) is 18.9. The first-order valence-corrected chi connectivity index (χ1v) is 13.2. The maximum atomic E-state index is 13.2. The van der Waals surface area contributed by atoms with Crippen LogP contribution in [0, 0.1) is 0 Å². The van der Waals surface area contributed by atoms with Crippen LogP contribution in [-0.4, -0.2) is 49.7 Å². The van der Waals surface area contributed by atoms with E-state index in [0.29, 0.717) is 23.7 Å². The van der Waals surface area contributed by atoms with E-state index < -0.39 is 21.8 Å². The van der Waals surface area contributed by atoms with Gasteiger partial charge in [0, 0.05) is 31.4 Å². The Labute approximate surface area is 206 Å². The minimum Gasteiger partial charge on any atom is -0.391 e. The van der Waals surface area contributed by atoms with Crippen LogP contribution in [0.2, 0.25) is 0 Å². The first-order chi connectivity index (χ1) is 16.4. The van der Waals surface area contributed by atoms with Gasteiger partial charge in [-0.15, -0.1) is 11.3 Å². The molecule has 2 heterocycles. The summed E-state index contributed by atoms with van der Waals surface area (Å²) in [5.74, 6) is 0. The molecule has 1 aliphatic heterocycles. The fourth-order valence-electron chi connectivity index (χ4n) is 4.19. The lowest BCUT2D eigenvalue weighted by atomic mass is 9.94. The minimum absolute atomic E-state index is 0.181. The molecule has 2 unspecified atom stereocenters. The van der Waals surface area contributed by atoms with Gasteiger partial charge >= 0.3 is 6.18 Å². The Morgan fingerprint density at radius 3 is 2.26 bits per heavy atom. The molecular formula is C24H26F3N3O3S2. The van der Waals surface area contributed by atoms with Gasteiger partial charge in [-0.3, -0.25) is 0 Å².